The van der Waals surface area contributed by atoms with Crippen LogP contribution in [0.15, 0.2) is 45.3 Å². The molecule has 100 valence electrons. The first-order chi connectivity index (χ1) is 9.10. The van der Waals surface area contributed by atoms with Gasteiger partial charge >= 0.3 is 0 Å². The maximum Gasteiger partial charge on any atom is 0.124 e. The third-order valence-corrected chi connectivity index (χ3v) is 3.87. The van der Waals surface area contributed by atoms with Gasteiger partial charge in [0, 0.05) is 26.6 Å². The highest BCUT2D eigenvalue weighted by Gasteiger charge is 2.06. The number of nitrogens with two attached hydrogens (primary N) is 1. The molecule has 5 heteroatoms. The van der Waals surface area contributed by atoms with E-state index in [0.29, 0.717) is 17.6 Å². The van der Waals surface area contributed by atoms with Crippen LogP contribution in [-0.2, 0) is 13.2 Å². The second-order valence-corrected chi connectivity index (χ2v) is 5.75. The van der Waals surface area contributed by atoms with Crippen LogP contribution in [0.3, 0.4) is 0 Å². The first-order valence-corrected chi connectivity index (χ1v) is 7.24. The smallest absolute Gasteiger partial charge is 0.124 e. The summed E-state index contributed by atoms with van der Waals surface area (Å²) in [4.78, 5) is 0. The molecule has 19 heavy (non-hydrogen) atoms. The molecule has 0 aliphatic carbocycles. The van der Waals surface area contributed by atoms with E-state index >= 15 is 0 Å². The fourth-order valence-electron chi connectivity index (χ4n) is 1.64. The lowest BCUT2D eigenvalue weighted by molar-refractivity contribution is 0.302. The lowest BCUT2D eigenvalue weighted by Gasteiger charge is -2.12. The molecule has 2 nitrogen and oxygen atoms in total. The van der Waals surface area contributed by atoms with Crippen molar-refractivity contribution >= 4 is 31.9 Å². The number of hydrogen-bond acceptors (Lipinski definition) is 2. The topological polar surface area (TPSA) is 35.2 Å². The minimum Gasteiger partial charge on any atom is -0.489 e. The van der Waals surface area contributed by atoms with Crippen LogP contribution < -0.4 is 10.5 Å². The Balaban J connectivity index is 2.14. The molecule has 0 heterocycles. The van der Waals surface area contributed by atoms with Gasteiger partial charge in [0.1, 0.15) is 18.2 Å². The number of rotatable bonds is 4. The molecule has 0 spiro atoms. The fraction of sp³-hybridized carbons (Fsp3) is 0.143. The Kier molecular flexibility index (Phi) is 4.96. The molecule has 0 aromatic heterocycles. The molecule has 0 saturated carbocycles. The molecule has 0 amide bonds. The van der Waals surface area contributed by atoms with Gasteiger partial charge in [0.15, 0.2) is 0 Å². The van der Waals surface area contributed by atoms with E-state index in [1.165, 1.54) is 12.1 Å². The van der Waals surface area contributed by atoms with E-state index in [4.69, 9.17) is 10.5 Å². The van der Waals surface area contributed by atoms with E-state index in [2.05, 4.69) is 31.9 Å². The average Bonchev–Trinajstić information content (AvgIpc) is 2.39. The zero-order valence-corrected chi connectivity index (χ0v) is 13.2. The van der Waals surface area contributed by atoms with Crippen LogP contribution in [0.5, 0.6) is 5.75 Å². The maximum absolute atomic E-state index is 13.0. The molecule has 2 N–H and O–H groups in total. The Hall–Kier alpha value is -0.910. The summed E-state index contributed by atoms with van der Waals surface area (Å²) in [5, 5.41) is 0. The molecule has 0 radical (unpaired) electrons. The summed E-state index contributed by atoms with van der Waals surface area (Å²) in [6.07, 6.45) is 0. The number of benzene rings is 2. The summed E-state index contributed by atoms with van der Waals surface area (Å²) in [6.45, 7) is 0.759. The van der Waals surface area contributed by atoms with Crippen LogP contribution in [0.25, 0.3) is 0 Å². The normalized spacial score (nSPS) is 10.5. The predicted octanol–water partition coefficient (Wildman–Crippen LogP) is 4.39. The maximum atomic E-state index is 13.0. The predicted molar refractivity (Wildman–Crippen MR) is 80.5 cm³/mol. The zero-order chi connectivity index (χ0) is 13.8. The van der Waals surface area contributed by atoms with Gasteiger partial charge in [-0.1, -0.05) is 37.9 Å². The molecule has 2 rings (SSSR count). The Morgan fingerprint density at radius 1 is 1.05 bits per heavy atom. The van der Waals surface area contributed by atoms with Crippen molar-refractivity contribution in [2.24, 2.45) is 5.73 Å². The van der Waals surface area contributed by atoms with Gasteiger partial charge in [-0.15, -0.1) is 0 Å². The molecule has 0 aliphatic rings. The molecule has 2 aromatic carbocycles. The van der Waals surface area contributed by atoms with Crippen molar-refractivity contribution in [2.75, 3.05) is 0 Å². The lowest BCUT2D eigenvalue weighted by Crippen LogP contribution is -2.03. The van der Waals surface area contributed by atoms with Crippen molar-refractivity contribution in [1.82, 2.24) is 0 Å². The van der Waals surface area contributed by atoms with Gasteiger partial charge in [0.25, 0.3) is 0 Å². The summed E-state index contributed by atoms with van der Waals surface area (Å²) in [6, 6.07) is 10.2. The highest BCUT2D eigenvalue weighted by Crippen LogP contribution is 2.25. The first kappa shape index (κ1) is 14.5. The summed E-state index contributed by atoms with van der Waals surface area (Å²) < 4.78 is 20.4. The monoisotopic (exact) mass is 387 g/mol. The molecule has 2 aromatic rings. The molecular weight excluding hydrogens is 377 g/mol. The highest BCUT2D eigenvalue weighted by atomic mass is 79.9. The fourth-order valence-corrected chi connectivity index (χ4v) is 2.52. The van der Waals surface area contributed by atoms with Crippen molar-refractivity contribution in [3.05, 3.63) is 62.3 Å². The summed E-state index contributed by atoms with van der Waals surface area (Å²) >= 11 is 6.71. The number of ether oxygens (including phenoxy) is 1. The molecule has 0 aliphatic heterocycles. The van der Waals surface area contributed by atoms with Crippen molar-refractivity contribution in [2.45, 2.75) is 13.2 Å². The Bertz CT molecular complexity index is 590. The standard InChI is InChI=1S/C14H12Br2FNO/c15-11-2-4-14(10(5-11)7-18)19-8-9-1-3-12(17)6-13(9)16/h1-6H,7-8,18H2. The van der Waals surface area contributed by atoms with Crippen molar-refractivity contribution in [1.29, 1.82) is 0 Å². The largest absolute Gasteiger partial charge is 0.489 e. The quantitative estimate of drug-likeness (QED) is 0.842. The van der Waals surface area contributed by atoms with Crippen molar-refractivity contribution in [3.63, 3.8) is 0 Å². The Labute approximate surface area is 128 Å². The van der Waals surface area contributed by atoms with Crippen LogP contribution >= 0.6 is 31.9 Å². The van der Waals surface area contributed by atoms with E-state index in [9.17, 15) is 4.39 Å². The van der Waals surface area contributed by atoms with Gasteiger partial charge < -0.3 is 10.5 Å². The van der Waals surface area contributed by atoms with Crippen LogP contribution in [0, 0.1) is 5.82 Å². The van der Waals surface area contributed by atoms with E-state index < -0.39 is 0 Å². The van der Waals surface area contributed by atoms with Crippen LogP contribution in [0.2, 0.25) is 0 Å². The third kappa shape index (κ3) is 3.78. The van der Waals surface area contributed by atoms with Gasteiger partial charge in [-0.2, -0.15) is 0 Å². The van der Waals surface area contributed by atoms with Crippen LogP contribution in [-0.4, -0.2) is 0 Å². The van der Waals surface area contributed by atoms with Crippen molar-refractivity contribution < 1.29 is 9.13 Å². The van der Waals surface area contributed by atoms with Crippen LogP contribution in [0.4, 0.5) is 4.39 Å². The van der Waals surface area contributed by atoms with E-state index in [0.717, 1.165) is 21.3 Å². The molecular formula is C14H12Br2FNO. The molecule has 0 unspecified atom stereocenters. The molecule has 0 bridgehead atoms. The number of halogens is 3. The number of hydrogen-bond donors (Lipinski definition) is 1. The van der Waals surface area contributed by atoms with Gasteiger partial charge in [0.05, 0.1) is 0 Å². The molecule has 0 saturated heterocycles. The van der Waals surface area contributed by atoms with Gasteiger partial charge in [-0.25, -0.2) is 4.39 Å². The zero-order valence-electron chi connectivity index (χ0n) is 10.00. The van der Waals surface area contributed by atoms with E-state index in [-0.39, 0.29) is 5.82 Å². The minimum absolute atomic E-state index is 0.276. The van der Waals surface area contributed by atoms with Crippen LogP contribution in [0.1, 0.15) is 11.1 Å². The summed E-state index contributed by atoms with van der Waals surface area (Å²) in [5.41, 5.74) is 7.48. The SMILES string of the molecule is NCc1cc(Br)ccc1OCc1ccc(F)cc1Br. The van der Waals surface area contributed by atoms with Gasteiger partial charge in [0.2, 0.25) is 0 Å². The average molecular weight is 389 g/mol. The van der Waals surface area contributed by atoms with E-state index in [1.807, 2.05) is 18.2 Å². The second kappa shape index (κ2) is 6.50. The third-order valence-electron chi connectivity index (χ3n) is 2.64. The Morgan fingerprint density at radius 3 is 2.53 bits per heavy atom. The minimum atomic E-state index is -0.276. The molecule has 0 fully saturated rings. The summed E-state index contributed by atoms with van der Waals surface area (Å²) in [5.74, 6) is 0.462. The van der Waals surface area contributed by atoms with E-state index in [1.54, 1.807) is 6.07 Å². The second-order valence-electron chi connectivity index (χ2n) is 3.98. The highest BCUT2D eigenvalue weighted by molar-refractivity contribution is 9.10. The summed E-state index contributed by atoms with van der Waals surface area (Å²) in [7, 11) is 0. The van der Waals surface area contributed by atoms with Gasteiger partial charge in [-0.05, 0) is 30.3 Å². The van der Waals surface area contributed by atoms with Crippen molar-refractivity contribution in [3.8, 4) is 5.75 Å². The first-order valence-electron chi connectivity index (χ1n) is 5.65. The molecule has 0 atom stereocenters. The van der Waals surface area contributed by atoms with Gasteiger partial charge in [-0.3, -0.25) is 0 Å². The lowest BCUT2D eigenvalue weighted by atomic mass is 10.2. The Morgan fingerprint density at radius 2 is 1.84 bits per heavy atom.